The molecule has 2 aromatic carbocycles. The Morgan fingerprint density at radius 2 is 1.53 bits per heavy atom. The van der Waals surface area contributed by atoms with E-state index in [9.17, 15) is 19.2 Å². The number of anilines is 1. The standard InChI is InChI=1S/C37H50N6O6/c1-26-18-20-42(21-19-26)33(46)37(7,28-16-12-9-13-17-28)43-22-30(38-25-43)40-31(44)29(24-48-23-27-14-10-8-11-15-27)39-32(45)36(5,6)41-34(47)49-35(2,3)4/h8-17,22,25-26,29H,18-21,23-24H2,1-7H3,(H,39,45)(H,40,44)(H,41,47)/t29-,37?/m1/s1. The van der Waals surface area contributed by atoms with Gasteiger partial charge in [-0.25, -0.2) is 9.78 Å². The lowest BCUT2D eigenvalue weighted by Crippen LogP contribution is -2.59. The molecule has 0 spiro atoms. The molecule has 3 N–H and O–H groups in total. The third-order valence-electron chi connectivity index (χ3n) is 8.57. The van der Waals surface area contributed by atoms with Gasteiger partial charge in [0, 0.05) is 19.3 Å². The molecule has 0 saturated carbocycles. The van der Waals surface area contributed by atoms with Gasteiger partial charge in [0.05, 0.1) is 19.5 Å². The summed E-state index contributed by atoms with van der Waals surface area (Å²) in [5.41, 5.74) is -1.63. The van der Waals surface area contributed by atoms with E-state index in [1.807, 2.05) is 72.5 Å². The van der Waals surface area contributed by atoms with Gasteiger partial charge in [-0.05, 0) is 71.4 Å². The summed E-state index contributed by atoms with van der Waals surface area (Å²) in [6.07, 6.45) is 4.25. The van der Waals surface area contributed by atoms with E-state index < -0.39 is 40.6 Å². The summed E-state index contributed by atoms with van der Waals surface area (Å²) in [4.78, 5) is 60.1. The van der Waals surface area contributed by atoms with E-state index in [1.54, 1.807) is 31.5 Å². The van der Waals surface area contributed by atoms with E-state index in [-0.39, 0.29) is 24.9 Å². The summed E-state index contributed by atoms with van der Waals surface area (Å²) in [7, 11) is 0. The lowest BCUT2D eigenvalue weighted by Gasteiger charge is -2.38. The van der Waals surface area contributed by atoms with Crippen molar-refractivity contribution in [3.05, 3.63) is 84.3 Å². The molecular weight excluding hydrogens is 624 g/mol. The number of piperidine rings is 1. The number of aromatic nitrogens is 2. The molecule has 12 heteroatoms. The zero-order valence-corrected chi connectivity index (χ0v) is 29.6. The molecule has 1 aromatic heterocycles. The molecule has 2 heterocycles. The van der Waals surface area contributed by atoms with E-state index >= 15 is 0 Å². The van der Waals surface area contributed by atoms with Gasteiger partial charge >= 0.3 is 6.09 Å². The SMILES string of the molecule is CC1CCN(C(=O)C(C)(c2ccccc2)n2cnc(NC(=O)[C@@H](COCc3ccccc3)NC(=O)C(C)(C)NC(=O)OC(C)(C)C)c2)CC1. The lowest BCUT2D eigenvalue weighted by molar-refractivity contribution is -0.139. The molecule has 264 valence electrons. The van der Waals surface area contributed by atoms with Crippen molar-refractivity contribution in [3.63, 3.8) is 0 Å². The van der Waals surface area contributed by atoms with Crippen molar-refractivity contribution in [1.82, 2.24) is 25.1 Å². The maximum atomic E-state index is 14.2. The average Bonchev–Trinajstić information content (AvgIpc) is 3.52. The number of hydrogen-bond donors (Lipinski definition) is 3. The van der Waals surface area contributed by atoms with Crippen LogP contribution in [0.25, 0.3) is 0 Å². The highest BCUT2D eigenvalue weighted by atomic mass is 16.6. The van der Waals surface area contributed by atoms with E-state index in [0.717, 1.165) is 24.0 Å². The number of amides is 4. The predicted molar refractivity (Wildman–Crippen MR) is 187 cm³/mol. The number of rotatable bonds is 12. The number of nitrogens with zero attached hydrogens (tertiary/aromatic N) is 3. The Morgan fingerprint density at radius 1 is 0.918 bits per heavy atom. The van der Waals surface area contributed by atoms with Crippen LogP contribution in [0.1, 0.15) is 72.4 Å². The van der Waals surface area contributed by atoms with Gasteiger partial charge in [0.2, 0.25) is 5.91 Å². The molecule has 1 aliphatic heterocycles. The maximum absolute atomic E-state index is 14.2. The van der Waals surface area contributed by atoms with Crippen LogP contribution >= 0.6 is 0 Å². The number of imidazole rings is 1. The zero-order valence-electron chi connectivity index (χ0n) is 29.6. The summed E-state index contributed by atoms with van der Waals surface area (Å²) < 4.78 is 12.9. The van der Waals surface area contributed by atoms with Gasteiger partial charge in [0.15, 0.2) is 5.82 Å². The summed E-state index contributed by atoms with van der Waals surface area (Å²) in [6.45, 7) is 13.6. The summed E-state index contributed by atoms with van der Waals surface area (Å²) in [6, 6.07) is 17.8. The fourth-order valence-corrected chi connectivity index (χ4v) is 5.52. The molecule has 1 fully saturated rings. The zero-order chi connectivity index (χ0) is 35.8. The average molecular weight is 675 g/mol. The van der Waals surface area contributed by atoms with E-state index in [1.165, 1.54) is 20.2 Å². The number of carbonyl (C=O) groups is 4. The number of alkyl carbamates (subject to hydrolysis) is 1. The minimum Gasteiger partial charge on any atom is -0.444 e. The van der Waals surface area contributed by atoms with E-state index in [0.29, 0.717) is 19.0 Å². The van der Waals surface area contributed by atoms with Crippen molar-refractivity contribution in [2.24, 2.45) is 5.92 Å². The van der Waals surface area contributed by atoms with Gasteiger partial charge in [-0.3, -0.25) is 14.4 Å². The van der Waals surface area contributed by atoms with E-state index in [2.05, 4.69) is 27.9 Å². The van der Waals surface area contributed by atoms with Gasteiger partial charge in [-0.2, -0.15) is 0 Å². The molecule has 0 radical (unpaired) electrons. The first-order chi connectivity index (χ1) is 23.1. The number of benzene rings is 2. The Bertz CT molecular complexity index is 1580. The highest BCUT2D eigenvalue weighted by Crippen LogP contribution is 2.31. The van der Waals surface area contributed by atoms with Crippen LogP contribution in [0.4, 0.5) is 10.6 Å². The number of carbonyl (C=O) groups excluding carboxylic acids is 4. The third-order valence-corrected chi connectivity index (χ3v) is 8.57. The van der Waals surface area contributed by atoms with Gasteiger partial charge in [0.25, 0.3) is 11.8 Å². The van der Waals surface area contributed by atoms with Gasteiger partial charge in [-0.15, -0.1) is 0 Å². The first-order valence-corrected chi connectivity index (χ1v) is 16.7. The van der Waals surface area contributed by atoms with Crippen molar-refractivity contribution in [2.45, 2.75) is 90.6 Å². The highest BCUT2D eigenvalue weighted by Gasteiger charge is 2.41. The van der Waals surface area contributed by atoms with Crippen LogP contribution in [0.5, 0.6) is 0 Å². The molecular formula is C37H50N6O6. The number of nitrogens with one attached hydrogen (secondary N) is 3. The number of hydrogen-bond acceptors (Lipinski definition) is 7. The van der Waals surface area contributed by atoms with Gasteiger partial charge in [-0.1, -0.05) is 67.6 Å². The van der Waals surface area contributed by atoms with Crippen LogP contribution < -0.4 is 16.0 Å². The molecule has 0 aliphatic carbocycles. The van der Waals surface area contributed by atoms with Crippen LogP contribution in [-0.4, -0.2) is 75.1 Å². The maximum Gasteiger partial charge on any atom is 0.408 e. The topological polar surface area (TPSA) is 144 Å². The second-order valence-electron chi connectivity index (χ2n) is 14.3. The van der Waals surface area contributed by atoms with Gasteiger partial charge < -0.3 is 34.9 Å². The molecule has 0 bridgehead atoms. The van der Waals surface area contributed by atoms with Crippen molar-refractivity contribution in [3.8, 4) is 0 Å². The van der Waals surface area contributed by atoms with E-state index in [4.69, 9.17) is 9.47 Å². The molecule has 4 rings (SSSR count). The largest absolute Gasteiger partial charge is 0.444 e. The molecule has 4 amide bonds. The summed E-state index contributed by atoms with van der Waals surface area (Å²) in [5.74, 6) is -0.505. The third kappa shape index (κ3) is 9.91. The number of likely N-dealkylation sites (tertiary alicyclic amines) is 1. The minimum absolute atomic E-state index is 0.0555. The summed E-state index contributed by atoms with van der Waals surface area (Å²) in [5, 5.41) is 8.07. The van der Waals surface area contributed by atoms with Crippen molar-refractivity contribution in [1.29, 1.82) is 0 Å². The minimum atomic E-state index is -1.42. The lowest BCUT2D eigenvalue weighted by atomic mass is 9.88. The summed E-state index contributed by atoms with van der Waals surface area (Å²) >= 11 is 0. The quantitative estimate of drug-likeness (QED) is 0.249. The molecule has 1 saturated heterocycles. The Kier molecular flexibility index (Phi) is 11.9. The Hall–Kier alpha value is -4.71. The Labute approximate surface area is 288 Å². The molecule has 12 nitrogen and oxygen atoms in total. The Morgan fingerprint density at radius 3 is 2.14 bits per heavy atom. The Balaban J connectivity index is 1.54. The number of ether oxygens (including phenoxy) is 2. The molecule has 1 unspecified atom stereocenters. The van der Waals surface area contributed by atoms with Crippen molar-refractivity contribution in [2.75, 3.05) is 25.0 Å². The van der Waals surface area contributed by atoms with Crippen LogP contribution in [-0.2, 0) is 36.0 Å². The highest BCUT2D eigenvalue weighted by molar-refractivity contribution is 5.98. The fourth-order valence-electron chi connectivity index (χ4n) is 5.52. The molecule has 49 heavy (non-hydrogen) atoms. The van der Waals surface area contributed by atoms with Crippen LogP contribution in [0.15, 0.2) is 73.2 Å². The first-order valence-electron chi connectivity index (χ1n) is 16.7. The van der Waals surface area contributed by atoms with Crippen molar-refractivity contribution < 1.29 is 28.7 Å². The van der Waals surface area contributed by atoms with Crippen molar-refractivity contribution >= 4 is 29.6 Å². The monoisotopic (exact) mass is 674 g/mol. The normalized spacial score (nSPS) is 15.9. The molecule has 2 atom stereocenters. The first kappa shape index (κ1) is 37.1. The van der Waals surface area contributed by atoms with Crippen LogP contribution in [0.2, 0.25) is 0 Å². The second-order valence-corrected chi connectivity index (χ2v) is 14.3. The smallest absolute Gasteiger partial charge is 0.408 e. The van der Waals surface area contributed by atoms with Gasteiger partial charge in [0.1, 0.15) is 22.7 Å². The predicted octanol–water partition coefficient (Wildman–Crippen LogP) is 4.85. The molecule has 1 aliphatic rings. The van der Waals surface area contributed by atoms with Crippen LogP contribution in [0.3, 0.4) is 0 Å². The fraction of sp³-hybridized carbons (Fsp3) is 0.486. The second kappa shape index (κ2) is 15.7. The van der Waals surface area contributed by atoms with Crippen LogP contribution in [0, 0.1) is 5.92 Å². The molecule has 3 aromatic rings.